The smallest absolute Gasteiger partial charge is 0.119 e. The van der Waals surface area contributed by atoms with E-state index in [0.29, 0.717) is 0 Å². The Hall–Kier alpha value is -3.31. The minimum Gasteiger partial charge on any atom is -0.494 e. The van der Waals surface area contributed by atoms with E-state index >= 15 is 0 Å². The van der Waals surface area contributed by atoms with Crippen molar-refractivity contribution in [2.75, 3.05) is 13.2 Å². The molecule has 0 amide bonds. The van der Waals surface area contributed by atoms with Crippen LogP contribution in [0.1, 0.15) is 50.7 Å². The summed E-state index contributed by atoms with van der Waals surface area (Å²) < 4.78 is 14.2. The van der Waals surface area contributed by atoms with Gasteiger partial charge in [0.25, 0.3) is 0 Å². The number of unbranched alkanes of at least 4 members (excludes halogenated alkanes) is 2. The van der Waals surface area contributed by atoms with Crippen LogP contribution in [0.15, 0.2) is 97.6 Å². The molecule has 0 saturated heterocycles. The van der Waals surface area contributed by atoms with E-state index in [-0.39, 0.29) is 5.16 Å². The van der Waals surface area contributed by atoms with Gasteiger partial charge in [-0.05, 0) is 48.2 Å². The van der Waals surface area contributed by atoms with Gasteiger partial charge in [-0.2, -0.15) is 0 Å². The molecule has 4 aromatic rings. The van der Waals surface area contributed by atoms with E-state index in [0.717, 1.165) is 50.4 Å². The third-order valence-electron chi connectivity index (χ3n) is 6.44. The molecule has 0 radical (unpaired) electrons. The molecule has 0 unspecified atom stereocenters. The van der Waals surface area contributed by atoms with Gasteiger partial charge in [0.05, 0.1) is 34.2 Å². The van der Waals surface area contributed by atoms with Crippen LogP contribution in [0, 0.1) is 0 Å². The summed E-state index contributed by atoms with van der Waals surface area (Å²) in [4.78, 5) is 4.45. The summed E-state index contributed by atoms with van der Waals surface area (Å²) >= 11 is 0. The van der Waals surface area contributed by atoms with E-state index < -0.39 is 9.52 Å². The summed E-state index contributed by atoms with van der Waals surface area (Å²) in [6.07, 6.45) is 10.3. The summed E-state index contributed by atoms with van der Waals surface area (Å²) in [7, 11) is -0.892. The Morgan fingerprint density at radius 3 is 1.74 bits per heavy atom. The molecule has 0 fully saturated rings. The van der Waals surface area contributed by atoms with Gasteiger partial charge in [0.15, 0.2) is 0 Å². The first-order chi connectivity index (χ1) is 17.3. The van der Waals surface area contributed by atoms with Crippen LogP contribution >= 0.6 is 0 Å². The fourth-order valence-corrected chi connectivity index (χ4v) is 6.81. The highest BCUT2D eigenvalue weighted by Crippen LogP contribution is 2.35. The Morgan fingerprint density at radius 1 is 0.743 bits per heavy atom. The van der Waals surface area contributed by atoms with Crippen molar-refractivity contribution in [3.63, 3.8) is 0 Å². The quantitative estimate of drug-likeness (QED) is 0.186. The van der Waals surface area contributed by atoms with Crippen LogP contribution in [-0.4, -0.2) is 32.3 Å². The largest absolute Gasteiger partial charge is 0.494 e. The second-order valence-corrected chi connectivity index (χ2v) is 11.1. The third-order valence-corrected chi connectivity index (χ3v) is 9.02. The predicted octanol–water partition coefficient (Wildman–Crippen LogP) is 5.48. The van der Waals surface area contributed by atoms with Crippen molar-refractivity contribution in [3.05, 3.63) is 109 Å². The fourth-order valence-electron chi connectivity index (χ4n) is 4.46. The van der Waals surface area contributed by atoms with Crippen LogP contribution in [0.5, 0.6) is 11.5 Å². The summed E-state index contributed by atoms with van der Waals surface area (Å²) in [6.45, 7) is 5.86. The molecule has 0 atom stereocenters. The second-order valence-electron chi connectivity index (χ2n) is 8.95. The first-order valence-electron chi connectivity index (χ1n) is 12.8. The molecule has 182 valence electrons. The van der Waals surface area contributed by atoms with E-state index in [9.17, 15) is 0 Å². The average Bonchev–Trinajstić information content (AvgIpc) is 3.45. The van der Waals surface area contributed by atoms with E-state index in [1.807, 2.05) is 12.5 Å². The fraction of sp³-hybridized carbons (Fsp3) is 0.300. The molecule has 4 nitrogen and oxygen atoms in total. The normalized spacial score (nSPS) is 11.7. The lowest BCUT2D eigenvalue weighted by molar-refractivity contribution is 0.309. The van der Waals surface area contributed by atoms with Crippen molar-refractivity contribution in [2.24, 2.45) is 0 Å². The van der Waals surface area contributed by atoms with Crippen LogP contribution in [0.25, 0.3) is 0 Å². The topological polar surface area (TPSA) is 36.3 Å². The number of aromatic nitrogens is 2. The molecule has 1 aromatic heterocycles. The Kier molecular flexibility index (Phi) is 8.79. The van der Waals surface area contributed by atoms with Gasteiger partial charge < -0.3 is 14.0 Å². The zero-order valence-electron chi connectivity index (χ0n) is 20.9. The third kappa shape index (κ3) is 6.04. The lowest BCUT2D eigenvalue weighted by Crippen LogP contribution is -2.46. The van der Waals surface area contributed by atoms with Crippen molar-refractivity contribution in [2.45, 2.75) is 44.7 Å². The maximum atomic E-state index is 5.97. The number of ether oxygens (including phenoxy) is 2. The molecule has 5 heteroatoms. The second kappa shape index (κ2) is 12.4. The number of imidazole rings is 1. The SMILES string of the molecule is CCCCOc1ccc(C([SiH2]c2ccccc2)(c2ccc(OCCCC)cc2)n2ccnc2)cc1. The van der Waals surface area contributed by atoms with Crippen molar-refractivity contribution in [1.82, 2.24) is 9.55 Å². The summed E-state index contributed by atoms with van der Waals surface area (Å²) in [5.41, 5.74) is 2.49. The predicted molar refractivity (Wildman–Crippen MR) is 147 cm³/mol. The number of hydrogen-bond acceptors (Lipinski definition) is 3. The lowest BCUT2D eigenvalue weighted by Gasteiger charge is -2.37. The summed E-state index contributed by atoms with van der Waals surface area (Å²) in [5, 5.41) is 1.06. The highest BCUT2D eigenvalue weighted by atomic mass is 28.2. The molecule has 35 heavy (non-hydrogen) atoms. The molecule has 3 aromatic carbocycles. The monoisotopic (exact) mass is 484 g/mol. The van der Waals surface area contributed by atoms with Gasteiger partial charge in [-0.25, -0.2) is 4.98 Å². The Morgan fingerprint density at radius 2 is 1.29 bits per heavy atom. The number of hydrogen-bond donors (Lipinski definition) is 0. The molecule has 0 aliphatic rings. The Labute approximate surface area is 211 Å². The molecule has 1 heterocycles. The molecular weight excluding hydrogens is 448 g/mol. The molecular formula is C30H36N2O2Si. The van der Waals surface area contributed by atoms with Gasteiger partial charge in [0.2, 0.25) is 0 Å². The number of rotatable bonds is 13. The van der Waals surface area contributed by atoms with Gasteiger partial charge in [-0.3, -0.25) is 0 Å². The molecule has 0 aliphatic heterocycles. The zero-order chi connectivity index (χ0) is 24.3. The number of nitrogens with zero attached hydrogens (tertiary/aromatic N) is 2. The maximum Gasteiger partial charge on any atom is 0.119 e. The summed E-state index contributed by atoms with van der Waals surface area (Å²) in [6, 6.07) is 28.2. The lowest BCUT2D eigenvalue weighted by atomic mass is 9.97. The number of benzene rings is 3. The van der Waals surface area contributed by atoms with E-state index in [1.54, 1.807) is 0 Å². The van der Waals surface area contributed by atoms with Crippen LogP contribution in [0.2, 0.25) is 0 Å². The molecule has 0 aliphatic carbocycles. The molecule has 0 bridgehead atoms. The molecule has 4 rings (SSSR count). The van der Waals surface area contributed by atoms with E-state index in [4.69, 9.17) is 9.47 Å². The minimum atomic E-state index is -0.892. The first kappa shape index (κ1) is 24.8. The highest BCUT2D eigenvalue weighted by molar-refractivity contribution is 6.57. The van der Waals surface area contributed by atoms with Crippen molar-refractivity contribution >= 4 is 14.7 Å². The first-order valence-corrected chi connectivity index (χ1v) is 14.2. The van der Waals surface area contributed by atoms with Crippen LogP contribution in [-0.2, 0) is 5.16 Å². The Balaban J connectivity index is 1.77. The van der Waals surface area contributed by atoms with Crippen LogP contribution in [0.3, 0.4) is 0 Å². The minimum absolute atomic E-state index is 0.332. The van der Waals surface area contributed by atoms with Crippen molar-refractivity contribution < 1.29 is 9.47 Å². The van der Waals surface area contributed by atoms with Crippen molar-refractivity contribution in [3.8, 4) is 11.5 Å². The van der Waals surface area contributed by atoms with Crippen LogP contribution in [0.4, 0.5) is 0 Å². The standard InChI is InChI=1S/C30H36N2O2Si/c1-3-5-22-33-27-16-12-25(13-17-27)30(32-21-20-31-24-32,35-29-10-8-7-9-11-29)26-14-18-28(19-15-26)34-23-6-4-2/h7-21,24H,3-6,22-23,35H2,1-2H3. The van der Waals surface area contributed by atoms with Gasteiger partial charge >= 0.3 is 0 Å². The molecule has 0 N–H and O–H groups in total. The van der Waals surface area contributed by atoms with E-state index in [2.05, 4.69) is 108 Å². The van der Waals surface area contributed by atoms with Gasteiger partial charge in [-0.1, -0.05) is 86.5 Å². The zero-order valence-corrected chi connectivity index (χ0v) is 22.3. The average molecular weight is 485 g/mol. The van der Waals surface area contributed by atoms with Gasteiger partial charge in [0, 0.05) is 12.4 Å². The van der Waals surface area contributed by atoms with Crippen molar-refractivity contribution in [1.29, 1.82) is 0 Å². The highest BCUT2D eigenvalue weighted by Gasteiger charge is 2.37. The Bertz CT molecular complexity index is 1070. The van der Waals surface area contributed by atoms with Crippen LogP contribution < -0.4 is 14.7 Å². The van der Waals surface area contributed by atoms with Gasteiger partial charge in [0.1, 0.15) is 11.5 Å². The molecule has 0 spiro atoms. The summed E-state index contributed by atoms with van der Waals surface area (Å²) in [5.74, 6) is 1.84. The van der Waals surface area contributed by atoms with E-state index in [1.165, 1.54) is 16.3 Å². The molecule has 0 saturated carbocycles. The maximum absolute atomic E-state index is 5.97. The van der Waals surface area contributed by atoms with Gasteiger partial charge in [-0.15, -0.1) is 0 Å².